The smallest absolute Gasteiger partial charge is 0.225 e. The topological polar surface area (TPSA) is 69.1 Å². The summed E-state index contributed by atoms with van der Waals surface area (Å²) in [5, 5.41) is 3.43. The summed E-state index contributed by atoms with van der Waals surface area (Å²) >= 11 is 0. The SMILES string of the molecule is CCNC(=NCCN1CCOCC1)N1CCN(c2ncccn2)CC1. The molecule has 1 aromatic heterocycles. The van der Waals surface area contributed by atoms with Crippen LogP contribution in [-0.2, 0) is 4.74 Å². The molecule has 0 amide bonds. The van der Waals surface area contributed by atoms with Gasteiger partial charge in [-0.05, 0) is 13.0 Å². The summed E-state index contributed by atoms with van der Waals surface area (Å²) in [6.45, 7) is 12.2. The number of morpholine rings is 1. The van der Waals surface area contributed by atoms with Crippen molar-refractivity contribution < 1.29 is 4.74 Å². The van der Waals surface area contributed by atoms with Crippen LogP contribution in [-0.4, -0.2) is 97.8 Å². The Morgan fingerprint density at radius 2 is 1.84 bits per heavy atom. The Labute approximate surface area is 149 Å². The van der Waals surface area contributed by atoms with Gasteiger partial charge in [0.05, 0.1) is 19.8 Å². The summed E-state index contributed by atoms with van der Waals surface area (Å²) in [7, 11) is 0. The van der Waals surface area contributed by atoms with Crippen molar-refractivity contribution in [2.24, 2.45) is 4.99 Å². The Morgan fingerprint density at radius 1 is 1.12 bits per heavy atom. The predicted molar refractivity (Wildman–Crippen MR) is 99.1 cm³/mol. The van der Waals surface area contributed by atoms with Crippen molar-refractivity contribution in [3.8, 4) is 0 Å². The molecule has 1 aromatic rings. The number of hydrogen-bond donors (Lipinski definition) is 1. The summed E-state index contributed by atoms with van der Waals surface area (Å²) in [4.78, 5) is 20.5. The lowest BCUT2D eigenvalue weighted by atomic mass is 10.3. The third-order valence-electron chi connectivity index (χ3n) is 4.53. The fraction of sp³-hybridized carbons (Fsp3) is 0.706. The van der Waals surface area contributed by atoms with Gasteiger partial charge in [0.1, 0.15) is 0 Å². The zero-order chi connectivity index (χ0) is 17.3. The number of aromatic nitrogens is 2. The number of hydrogen-bond acceptors (Lipinski definition) is 6. The van der Waals surface area contributed by atoms with Crippen molar-refractivity contribution >= 4 is 11.9 Å². The van der Waals surface area contributed by atoms with Crippen LogP contribution < -0.4 is 10.2 Å². The van der Waals surface area contributed by atoms with Crippen LogP contribution in [0.2, 0.25) is 0 Å². The minimum atomic E-state index is 0.816. The van der Waals surface area contributed by atoms with E-state index in [9.17, 15) is 0 Å². The van der Waals surface area contributed by atoms with E-state index in [-0.39, 0.29) is 0 Å². The van der Waals surface area contributed by atoms with E-state index in [0.29, 0.717) is 0 Å². The largest absolute Gasteiger partial charge is 0.379 e. The average Bonchev–Trinajstić information content (AvgIpc) is 2.69. The molecule has 25 heavy (non-hydrogen) atoms. The zero-order valence-corrected chi connectivity index (χ0v) is 15.1. The van der Waals surface area contributed by atoms with Crippen molar-refractivity contribution in [2.45, 2.75) is 6.92 Å². The van der Waals surface area contributed by atoms with Crippen LogP contribution in [0.3, 0.4) is 0 Å². The van der Waals surface area contributed by atoms with Crippen LogP contribution in [0.15, 0.2) is 23.5 Å². The van der Waals surface area contributed by atoms with E-state index in [0.717, 1.165) is 84.0 Å². The number of ether oxygens (including phenoxy) is 1. The van der Waals surface area contributed by atoms with Crippen molar-refractivity contribution in [1.29, 1.82) is 0 Å². The number of nitrogens with one attached hydrogen (secondary N) is 1. The maximum Gasteiger partial charge on any atom is 0.225 e. The Kier molecular flexibility index (Phi) is 6.81. The van der Waals surface area contributed by atoms with E-state index in [1.807, 2.05) is 6.07 Å². The summed E-state index contributed by atoms with van der Waals surface area (Å²) in [6.07, 6.45) is 3.59. The number of anilines is 1. The van der Waals surface area contributed by atoms with E-state index < -0.39 is 0 Å². The molecular weight excluding hydrogens is 318 g/mol. The van der Waals surface area contributed by atoms with Crippen LogP contribution in [0.1, 0.15) is 6.92 Å². The van der Waals surface area contributed by atoms with Gasteiger partial charge in [0.25, 0.3) is 0 Å². The molecule has 0 aromatic carbocycles. The number of aliphatic imine (C=N–C) groups is 1. The van der Waals surface area contributed by atoms with Crippen molar-refractivity contribution in [2.75, 3.05) is 77.0 Å². The molecule has 2 aliphatic heterocycles. The highest BCUT2D eigenvalue weighted by molar-refractivity contribution is 5.80. The van der Waals surface area contributed by atoms with Crippen molar-refractivity contribution in [3.05, 3.63) is 18.5 Å². The molecule has 1 N–H and O–H groups in total. The van der Waals surface area contributed by atoms with E-state index in [2.05, 4.69) is 36.9 Å². The first-order chi connectivity index (χ1) is 12.4. The van der Waals surface area contributed by atoms with E-state index in [4.69, 9.17) is 9.73 Å². The van der Waals surface area contributed by atoms with Gasteiger partial charge in [-0.25, -0.2) is 9.97 Å². The number of piperazine rings is 1. The minimum absolute atomic E-state index is 0.816. The Balaban J connectivity index is 1.49. The molecule has 8 heteroatoms. The fourth-order valence-electron chi connectivity index (χ4n) is 3.12. The predicted octanol–water partition coefficient (Wildman–Crippen LogP) is -0.104. The normalized spacial score (nSPS) is 20.0. The molecule has 0 radical (unpaired) electrons. The average molecular weight is 347 g/mol. The Morgan fingerprint density at radius 3 is 2.52 bits per heavy atom. The van der Waals surface area contributed by atoms with Gasteiger partial charge in [-0.2, -0.15) is 0 Å². The third-order valence-corrected chi connectivity index (χ3v) is 4.53. The second kappa shape index (κ2) is 9.53. The summed E-state index contributed by atoms with van der Waals surface area (Å²) in [6, 6.07) is 1.85. The standard InChI is InChI=1S/C17H29N7O/c1-2-18-16(21-6-7-22-12-14-25-15-13-22)23-8-10-24(11-9-23)17-19-4-3-5-20-17/h3-5H,2,6-15H2,1H3,(H,18,21). The molecule has 8 nitrogen and oxygen atoms in total. The molecule has 138 valence electrons. The summed E-state index contributed by atoms with van der Waals surface area (Å²) in [5.74, 6) is 1.83. The highest BCUT2D eigenvalue weighted by Gasteiger charge is 2.21. The van der Waals surface area contributed by atoms with Gasteiger partial charge < -0.3 is 19.9 Å². The van der Waals surface area contributed by atoms with E-state index >= 15 is 0 Å². The quantitative estimate of drug-likeness (QED) is 0.589. The number of rotatable bonds is 5. The highest BCUT2D eigenvalue weighted by atomic mass is 16.5. The number of guanidine groups is 1. The van der Waals surface area contributed by atoms with Gasteiger partial charge in [-0.1, -0.05) is 0 Å². The molecule has 2 aliphatic rings. The highest BCUT2D eigenvalue weighted by Crippen LogP contribution is 2.09. The molecule has 0 unspecified atom stereocenters. The molecule has 0 atom stereocenters. The number of nitrogens with zero attached hydrogens (tertiary/aromatic N) is 6. The second-order valence-corrected chi connectivity index (χ2v) is 6.21. The van der Waals surface area contributed by atoms with Crippen LogP contribution in [0, 0.1) is 0 Å². The van der Waals surface area contributed by atoms with Crippen LogP contribution in [0.5, 0.6) is 0 Å². The van der Waals surface area contributed by atoms with Crippen molar-refractivity contribution in [1.82, 2.24) is 25.1 Å². The first-order valence-corrected chi connectivity index (χ1v) is 9.22. The van der Waals surface area contributed by atoms with Crippen LogP contribution >= 0.6 is 0 Å². The molecule has 3 heterocycles. The molecule has 3 rings (SSSR count). The molecule has 0 saturated carbocycles. The first-order valence-electron chi connectivity index (χ1n) is 9.22. The van der Waals surface area contributed by atoms with Gasteiger partial charge in [0, 0.05) is 64.8 Å². The van der Waals surface area contributed by atoms with Gasteiger partial charge >= 0.3 is 0 Å². The molecular formula is C17H29N7O. The first kappa shape index (κ1) is 17.9. The zero-order valence-electron chi connectivity index (χ0n) is 15.1. The lowest BCUT2D eigenvalue weighted by molar-refractivity contribution is 0.0394. The molecule has 2 fully saturated rings. The summed E-state index contributed by atoms with van der Waals surface area (Å²) < 4.78 is 5.39. The van der Waals surface area contributed by atoms with Gasteiger partial charge in [0.15, 0.2) is 5.96 Å². The maximum absolute atomic E-state index is 5.39. The molecule has 0 spiro atoms. The Bertz CT molecular complexity index is 525. The molecule has 0 bridgehead atoms. The maximum atomic E-state index is 5.39. The monoisotopic (exact) mass is 347 g/mol. The van der Waals surface area contributed by atoms with Gasteiger partial charge in [0.2, 0.25) is 5.95 Å². The minimum Gasteiger partial charge on any atom is -0.379 e. The lowest BCUT2D eigenvalue weighted by Crippen LogP contribution is -2.53. The lowest BCUT2D eigenvalue weighted by Gasteiger charge is -2.36. The van der Waals surface area contributed by atoms with Crippen LogP contribution in [0.25, 0.3) is 0 Å². The van der Waals surface area contributed by atoms with E-state index in [1.165, 1.54) is 0 Å². The van der Waals surface area contributed by atoms with Crippen molar-refractivity contribution in [3.63, 3.8) is 0 Å². The van der Waals surface area contributed by atoms with Crippen LogP contribution in [0.4, 0.5) is 5.95 Å². The fourth-order valence-corrected chi connectivity index (χ4v) is 3.12. The Hall–Kier alpha value is -1.93. The van der Waals surface area contributed by atoms with E-state index in [1.54, 1.807) is 12.4 Å². The summed E-state index contributed by atoms with van der Waals surface area (Å²) in [5.41, 5.74) is 0. The van der Waals surface area contributed by atoms with Gasteiger partial charge in [-0.15, -0.1) is 0 Å². The second-order valence-electron chi connectivity index (χ2n) is 6.21. The van der Waals surface area contributed by atoms with Gasteiger partial charge in [-0.3, -0.25) is 9.89 Å². The third kappa shape index (κ3) is 5.27. The molecule has 2 saturated heterocycles. The molecule has 0 aliphatic carbocycles.